The Hall–Kier alpha value is -1.39. The molecule has 0 amide bonds. The summed E-state index contributed by atoms with van der Waals surface area (Å²) in [5.74, 6) is 0. The lowest BCUT2D eigenvalue weighted by atomic mass is 10.2. The van der Waals surface area contributed by atoms with Crippen molar-refractivity contribution in [2.24, 2.45) is 0 Å². The van der Waals surface area contributed by atoms with E-state index in [1.165, 1.54) is 0 Å². The molecule has 5 heteroatoms. The molecule has 0 radical (unpaired) electrons. The minimum absolute atomic E-state index is 0.0469. The Morgan fingerprint density at radius 3 is 2.87 bits per heavy atom. The van der Waals surface area contributed by atoms with E-state index in [0.717, 1.165) is 5.56 Å². The average Bonchev–Trinajstić information content (AvgIpc) is 2.68. The molecule has 1 aromatic carbocycles. The number of hydrogen-bond acceptors (Lipinski definition) is 3. The van der Waals surface area contributed by atoms with Crippen molar-refractivity contribution in [1.82, 2.24) is 15.0 Å². The second-order valence-electron chi connectivity index (χ2n) is 3.07. The van der Waals surface area contributed by atoms with Gasteiger partial charge >= 0.3 is 0 Å². The standard InChI is InChI=1S/C10H10ClN3O/c11-9-4-2-1-3-8(9)10-7-14(5-6-15)13-12-10/h1-4,7,15H,5-6H2. The van der Waals surface area contributed by atoms with Crippen molar-refractivity contribution in [3.8, 4) is 11.3 Å². The summed E-state index contributed by atoms with van der Waals surface area (Å²) in [7, 11) is 0. The van der Waals surface area contributed by atoms with Gasteiger partial charge in [0, 0.05) is 5.56 Å². The molecular formula is C10H10ClN3O. The first-order valence-electron chi connectivity index (χ1n) is 4.57. The van der Waals surface area contributed by atoms with E-state index in [2.05, 4.69) is 10.3 Å². The molecule has 0 bridgehead atoms. The Balaban J connectivity index is 2.33. The van der Waals surface area contributed by atoms with Crippen LogP contribution in [-0.4, -0.2) is 26.7 Å². The lowest BCUT2D eigenvalue weighted by Crippen LogP contribution is -2.01. The van der Waals surface area contributed by atoms with Crippen LogP contribution < -0.4 is 0 Å². The minimum Gasteiger partial charge on any atom is -0.394 e. The summed E-state index contributed by atoms with van der Waals surface area (Å²) in [5, 5.41) is 17.2. The molecule has 2 rings (SSSR count). The number of aliphatic hydroxyl groups excluding tert-OH is 1. The lowest BCUT2D eigenvalue weighted by Gasteiger charge is -1.97. The minimum atomic E-state index is 0.0469. The molecule has 0 aliphatic rings. The van der Waals surface area contributed by atoms with Gasteiger partial charge in [-0.05, 0) is 6.07 Å². The van der Waals surface area contributed by atoms with Crippen molar-refractivity contribution < 1.29 is 5.11 Å². The first-order chi connectivity index (χ1) is 7.31. The van der Waals surface area contributed by atoms with Gasteiger partial charge in [0.05, 0.1) is 24.4 Å². The lowest BCUT2D eigenvalue weighted by molar-refractivity contribution is 0.268. The molecule has 1 aromatic heterocycles. The molecule has 15 heavy (non-hydrogen) atoms. The third-order valence-electron chi connectivity index (χ3n) is 2.02. The molecule has 0 unspecified atom stereocenters. The van der Waals surface area contributed by atoms with Gasteiger partial charge in [0.25, 0.3) is 0 Å². The first kappa shape index (κ1) is 10.1. The SMILES string of the molecule is OCCn1cc(-c2ccccc2Cl)nn1. The summed E-state index contributed by atoms with van der Waals surface area (Å²) in [6, 6.07) is 7.45. The maximum Gasteiger partial charge on any atom is 0.114 e. The van der Waals surface area contributed by atoms with Crippen LogP contribution in [0.2, 0.25) is 5.02 Å². The van der Waals surface area contributed by atoms with Crippen LogP contribution in [0, 0.1) is 0 Å². The molecule has 0 fully saturated rings. The molecule has 78 valence electrons. The van der Waals surface area contributed by atoms with Gasteiger partial charge in [0.1, 0.15) is 5.69 Å². The Labute approximate surface area is 92.1 Å². The van der Waals surface area contributed by atoms with Gasteiger partial charge < -0.3 is 5.11 Å². The molecule has 2 aromatic rings. The topological polar surface area (TPSA) is 50.9 Å². The highest BCUT2D eigenvalue weighted by Gasteiger charge is 2.06. The van der Waals surface area contributed by atoms with Gasteiger partial charge in [0.2, 0.25) is 0 Å². The van der Waals surface area contributed by atoms with E-state index < -0.39 is 0 Å². The summed E-state index contributed by atoms with van der Waals surface area (Å²) in [6.45, 7) is 0.489. The molecule has 0 atom stereocenters. The molecule has 1 heterocycles. The summed E-state index contributed by atoms with van der Waals surface area (Å²) in [5.41, 5.74) is 1.57. The first-order valence-corrected chi connectivity index (χ1v) is 4.95. The number of aromatic nitrogens is 3. The van der Waals surface area contributed by atoms with Gasteiger partial charge in [-0.25, -0.2) is 4.68 Å². The second kappa shape index (κ2) is 4.42. The molecular weight excluding hydrogens is 214 g/mol. The van der Waals surface area contributed by atoms with E-state index in [1.807, 2.05) is 24.3 Å². The zero-order valence-electron chi connectivity index (χ0n) is 7.97. The molecule has 1 N–H and O–H groups in total. The highest BCUT2D eigenvalue weighted by atomic mass is 35.5. The quantitative estimate of drug-likeness (QED) is 0.860. The summed E-state index contributed by atoms with van der Waals surface area (Å²) < 4.78 is 1.58. The number of nitrogens with zero attached hydrogens (tertiary/aromatic N) is 3. The van der Waals surface area contributed by atoms with Crippen molar-refractivity contribution in [3.63, 3.8) is 0 Å². The van der Waals surface area contributed by atoms with E-state index >= 15 is 0 Å². The van der Waals surface area contributed by atoms with Crippen molar-refractivity contribution in [3.05, 3.63) is 35.5 Å². The number of benzene rings is 1. The zero-order valence-corrected chi connectivity index (χ0v) is 8.72. The van der Waals surface area contributed by atoms with E-state index in [0.29, 0.717) is 17.3 Å². The summed E-state index contributed by atoms with van der Waals surface area (Å²) in [6.07, 6.45) is 1.76. The van der Waals surface area contributed by atoms with Crippen LogP contribution in [0.15, 0.2) is 30.5 Å². The summed E-state index contributed by atoms with van der Waals surface area (Å²) in [4.78, 5) is 0. The van der Waals surface area contributed by atoms with E-state index in [4.69, 9.17) is 16.7 Å². The van der Waals surface area contributed by atoms with Crippen LogP contribution in [0.5, 0.6) is 0 Å². The fourth-order valence-electron chi connectivity index (χ4n) is 1.30. The third kappa shape index (κ3) is 2.16. The second-order valence-corrected chi connectivity index (χ2v) is 3.48. The Morgan fingerprint density at radius 1 is 1.33 bits per heavy atom. The molecule has 0 spiro atoms. The fourth-order valence-corrected chi connectivity index (χ4v) is 1.54. The van der Waals surface area contributed by atoms with Gasteiger partial charge in [-0.15, -0.1) is 5.10 Å². The maximum atomic E-state index is 8.74. The number of hydrogen-bond donors (Lipinski definition) is 1. The van der Waals surface area contributed by atoms with Gasteiger partial charge in [0.15, 0.2) is 0 Å². The van der Waals surface area contributed by atoms with Crippen LogP contribution in [0.25, 0.3) is 11.3 Å². The smallest absolute Gasteiger partial charge is 0.114 e. The predicted octanol–water partition coefficient (Wildman–Crippen LogP) is 1.59. The van der Waals surface area contributed by atoms with Crippen LogP contribution in [0.3, 0.4) is 0 Å². The zero-order chi connectivity index (χ0) is 10.7. The van der Waals surface area contributed by atoms with Crippen LogP contribution in [0.1, 0.15) is 0 Å². The average molecular weight is 224 g/mol. The normalized spacial score (nSPS) is 10.5. The maximum absolute atomic E-state index is 8.74. The monoisotopic (exact) mass is 223 g/mol. The molecule has 0 saturated heterocycles. The Kier molecular flexibility index (Phi) is 2.99. The van der Waals surface area contributed by atoms with Crippen molar-refractivity contribution in [1.29, 1.82) is 0 Å². The van der Waals surface area contributed by atoms with Crippen LogP contribution in [0.4, 0.5) is 0 Å². The van der Waals surface area contributed by atoms with Crippen molar-refractivity contribution >= 4 is 11.6 Å². The third-order valence-corrected chi connectivity index (χ3v) is 2.35. The van der Waals surface area contributed by atoms with Crippen LogP contribution >= 0.6 is 11.6 Å². The Morgan fingerprint density at radius 2 is 2.13 bits per heavy atom. The van der Waals surface area contributed by atoms with Crippen molar-refractivity contribution in [2.45, 2.75) is 6.54 Å². The largest absolute Gasteiger partial charge is 0.394 e. The van der Waals surface area contributed by atoms with Gasteiger partial charge in [-0.2, -0.15) is 0 Å². The van der Waals surface area contributed by atoms with E-state index in [9.17, 15) is 0 Å². The Bertz CT molecular complexity index is 455. The number of rotatable bonds is 3. The molecule has 0 aliphatic heterocycles. The number of aliphatic hydroxyl groups is 1. The molecule has 0 aliphatic carbocycles. The van der Waals surface area contributed by atoms with Gasteiger partial charge in [-0.1, -0.05) is 35.0 Å². The van der Waals surface area contributed by atoms with Crippen LogP contribution in [-0.2, 0) is 6.54 Å². The van der Waals surface area contributed by atoms with E-state index in [1.54, 1.807) is 10.9 Å². The van der Waals surface area contributed by atoms with E-state index in [-0.39, 0.29) is 6.61 Å². The summed E-state index contributed by atoms with van der Waals surface area (Å²) >= 11 is 6.02. The highest BCUT2D eigenvalue weighted by molar-refractivity contribution is 6.33. The van der Waals surface area contributed by atoms with Gasteiger partial charge in [-0.3, -0.25) is 0 Å². The number of halogens is 1. The molecule has 0 saturated carbocycles. The van der Waals surface area contributed by atoms with Crippen molar-refractivity contribution in [2.75, 3.05) is 6.61 Å². The predicted molar refractivity (Wildman–Crippen MR) is 57.6 cm³/mol. The molecule has 4 nitrogen and oxygen atoms in total. The fraction of sp³-hybridized carbons (Fsp3) is 0.200. The highest BCUT2D eigenvalue weighted by Crippen LogP contribution is 2.24.